The summed E-state index contributed by atoms with van der Waals surface area (Å²) in [4.78, 5) is 28.2. The van der Waals surface area contributed by atoms with Crippen molar-refractivity contribution in [3.63, 3.8) is 0 Å². The number of urea groups is 1. The van der Waals surface area contributed by atoms with Crippen LogP contribution in [0, 0.1) is 0 Å². The molecule has 1 aromatic carbocycles. The number of nitrogens with zero attached hydrogens (tertiary/aromatic N) is 1. The molecular weight excluding hydrogens is 334 g/mol. The highest BCUT2D eigenvalue weighted by molar-refractivity contribution is 5.95. The third-order valence-electron chi connectivity index (χ3n) is 4.82. The summed E-state index contributed by atoms with van der Waals surface area (Å²) in [5.41, 5.74) is 2.10. The predicted octanol–water partition coefficient (Wildman–Crippen LogP) is 0.115. The summed E-state index contributed by atoms with van der Waals surface area (Å²) in [5, 5.41) is 2.93. The summed E-state index contributed by atoms with van der Waals surface area (Å²) in [6.45, 7) is 5.75. The van der Waals surface area contributed by atoms with Crippen LogP contribution < -0.4 is 10.2 Å². The average molecular weight is 360 g/mol. The number of carbonyl (C=O) groups is 2. The Morgan fingerprint density at radius 3 is 2.65 bits per heavy atom. The molecule has 1 saturated heterocycles. The van der Waals surface area contributed by atoms with Crippen LogP contribution in [-0.4, -0.2) is 63.4 Å². The number of hydrogen-bond donors (Lipinski definition) is 2. The summed E-state index contributed by atoms with van der Waals surface area (Å²) in [6.07, 6.45) is 0. The molecule has 0 spiro atoms. The molecule has 2 aliphatic rings. The number of benzene rings is 1. The molecule has 1 atom stereocenters. The molecule has 0 unspecified atom stereocenters. The zero-order valence-corrected chi connectivity index (χ0v) is 15.3. The molecule has 0 bridgehead atoms. The fourth-order valence-electron chi connectivity index (χ4n) is 3.39. The molecule has 2 aliphatic heterocycles. The van der Waals surface area contributed by atoms with Gasteiger partial charge in [-0.2, -0.15) is 0 Å². The Hall–Kier alpha value is -2.38. The predicted molar refractivity (Wildman–Crippen MR) is 95.5 cm³/mol. The fraction of sp³-hybridized carbons (Fsp3) is 0.474. The highest BCUT2D eigenvalue weighted by Gasteiger charge is 2.38. The molecule has 2 amide bonds. The largest absolute Gasteiger partial charge is 0.463 e. The standard InChI is InChI=1S/C19H25N3O4/c1-3-26-18(23)16-15(13-22-9-11-25-12-10-22)21(2)19(24)20-17(16)14-7-5-4-6-8-14/h4-8,17H,3,9-13H2,1-2H3,(H,20,24)/p+1/t17-/m0/s1. The van der Waals surface area contributed by atoms with E-state index < -0.39 is 6.04 Å². The van der Waals surface area contributed by atoms with Crippen molar-refractivity contribution in [2.45, 2.75) is 13.0 Å². The van der Waals surface area contributed by atoms with Crippen molar-refractivity contribution in [3.05, 3.63) is 47.2 Å². The molecule has 2 N–H and O–H groups in total. The van der Waals surface area contributed by atoms with E-state index in [0.29, 0.717) is 31.9 Å². The van der Waals surface area contributed by atoms with Crippen LogP contribution in [0.4, 0.5) is 4.79 Å². The minimum absolute atomic E-state index is 0.213. The molecule has 1 aromatic rings. The van der Waals surface area contributed by atoms with Crippen LogP contribution in [0.3, 0.4) is 0 Å². The van der Waals surface area contributed by atoms with Crippen molar-refractivity contribution >= 4 is 12.0 Å². The lowest BCUT2D eigenvalue weighted by Gasteiger charge is -2.36. The molecule has 140 valence electrons. The third kappa shape index (κ3) is 3.89. The van der Waals surface area contributed by atoms with Crippen molar-refractivity contribution in [1.82, 2.24) is 10.2 Å². The zero-order valence-electron chi connectivity index (χ0n) is 15.3. The number of nitrogens with one attached hydrogen (secondary N) is 2. The molecule has 3 rings (SSSR count). The van der Waals surface area contributed by atoms with Crippen molar-refractivity contribution in [3.8, 4) is 0 Å². The van der Waals surface area contributed by atoms with Gasteiger partial charge in [0.1, 0.15) is 19.6 Å². The van der Waals surface area contributed by atoms with Gasteiger partial charge in [-0.1, -0.05) is 30.3 Å². The number of morpholine rings is 1. The second-order valence-electron chi connectivity index (χ2n) is 6.47. The topological polar surface area (TPSA) is 72.3 Å². The second kappa shape index (κ2) is 8.33. The Labute approximate surface area is 153 Å². The number of hydrogen-bond acceptors (Lipinski definition) is 4. The first-order valence-electron chi connectivity index (χ1n) is 9.02. The summed E-state index contributed by atoms with van der Waals surface area (Å²) in [5.74, 6) is -0.379. The minimum atomic E-state index is -0.505. The van der Waals surface area contributed by atoms with Gasteiger partial charge in [-0.3, -0.25) is 4.90 Å². The first-order chi connectivity index (χ1) is 12.6. The Kier molecular flexibility index (Phi) is 5.90. The maximum Gasteiger partial charge on any atom is 0.338 e. The van der Waals surface area contributed by atoms with E-state index >= 15 is 0 Å². The molecule has 26 heavy (non-hydrogen) atoms. The van der Waals surface area contributed by atoms with Crippen molar-refractivity contribution in [1.29, 1.82) is 0 Å². The van der Waals surface area contributed by atoms with Gasteiger partial charge in [0.05, 0.1) is 37.1 Å². The van der Waals surface area contributed by atoms with Gasteiger partial charge in [0.15, 0.2) is 0 Å². The van der Waals surface area contributed by atoms with Gasteiger partial charge < -0.3 is 19.7 Å². The molecule has 7 nitrogen and oxygen atoms in total. The van der Waals surface area contributed by atoms with E-state index in [-0.39, 0.29) is 12.0 Å². The monoisotopic (exact) mass is 360 g/mol. The van der Waals surface area contributed by atoms with E-state index in [4.69, 9.17) is 9.47 Å². The summed E-state index contributed by atoms with van der Waals surface area (Å²) < 4.78 is 10.7. The van der Waals surface area contributed by atoms with Gasteiger partial charge in [0.25, 0.3) is 0 Å². The fourth-order valence-corrected chi connectivity index (χ4v) is 3.39. The molecule has 0 radical (unpaired) electrons. The van der Waals surface area contributed by atoms with Gasteiger partial charge in [0, 0.05) is 7.05 Å². The number of carbonyl (C=O) groups excluding carboxylic acids is 2. The number of quaternary nitrogens is 1. The first kappa shape index (κ1) is 18.4. The van der Waals surface area contributed by atoms with Crippen LogP contribution in [-0.2, 0) is 14.3 Å². The van der Waals surface area contributed by atoms with Gasteiger partial charge in [0.2, 0.25) is 0 Å². The number of ether oxygens (including phenoxy) is 2. The molecule has 1 fully saturated rings. The lowest BCUT2D eigenvalue weighted by Crippen LogP contribution is -3.14. The zero-order chi connectivity index (χ0) is 18.5. The smallest absolute Gasteiger partial charge is 0.338 e. The van der Waals surface area contributed by atoms with Crippen LogP contribution in [0.1, 0.15) is 18.5 Å². The highest BCUT2D eigenvalue weighted by Crippen LogP contribution is 2.30. The molecule has 2 heterocycles. The lowest BCUT2D eigenvalue weighted by molar-refractivity contribution is -0.904. The van der Waals surface area contributed by atoms with E-state index in [9.17, 15) is 9.59 Å². The Morgan fingerprint density at radius 2 is 2.00 bits per heavy atom. The normalized spacial score (nSPS) is 21.5. The second-order valence-corrected chi connectivity index (χ2v) is 6.47. The average Bonchev–Trinajstić information content (AvgIpc) is 2.67. The van der Waals surface area contributed by atoms with Crippen LogP contribution in [0.25, 0.3) is 0 Å². The summed E-state index contributed by atoms with van der Waals surface area (Å²) in [7, 11) is 1.70. The minimum Gasteiger partial charge on any atom is -0.463 e. The van der Waals surface area contributed by atoms with Crippen LogP contribution in [0.15, 0.2) is 41.6 Å². The number of amides is 2. The highest BCUT2D eigenvalue weighted by atomic mass is 16.5. The molecule has 0 saturated carbocycles. The van der Waals surface area contributed by atoms with Crippen LogP contribution in [0.2, 0.25) is 0 Å². The van der Waals surface area contributed by atoms with E-state index in [1.54, 1.807) is 14.0 Å². The SMILES string of the molecule is CCOC(=O)C1=C(C[NH+]2CCOCC2)N(C)C(=O)N[C@H]1c1ccccc1. The van der Waals surface area contributed by atoms with Crippen molar-refractivity contribution in [2.24, 2.45) is 0 Å². The molecular formula is C19H26N3O4+. The summed E-state index contributed by atoms with van der Waals surface area (Å²) >= 11 is 0. The van der Waals surface area contributed by atoms with E-state index in [0.717, 1.165) is 24.4 Å². The molecule has 0 aromatic heterocycles. The van der Waals surface area contributed by atoms with E-state index in [2.05, 4.69) is 5.32 Å². The Balaban J connectivity index is 2.02. The van der Waals surface area contributed by atoms with Gasteiger partial charge in [-0.25, -0.2) is 9.59 Å². The number of esters is 1. The van der Waals surface area contributed by atoms with Crippen molar-refractivity contribution < 1.29 is 24.0 Å². The van der Waals surface area contributed by atoms with Crippen molar-refractivity contribution in [2.75, 3.05) is 46.5 Å². The van der Waals surface area contributed by atoms with Gasteiger partial charge in [-0.05, 0) is 12.5 Å². The maximum atomic E-state index is 12.8. The van der Waals surface area contributed by atoms with E-state index in [1.165, 1.54) is 9.80 Å². The Morgan fingerprint density at radius 1 is 1.31 bits per heavy atom. The van der Waals surface area contributed by atoms with Gasteiger partial charge >= 0.3 is 12.0 Å². The molecule has 0 aliphatic carbocycles. The Bertz CT molecular complexity index is 683. The van der Waals surface area contributed by atoms with E-state index in [1.807, 2.05) is 30.3 Å². The number of rotatable bonds is 5. The summed E-state index contributed by atoms with van der Waals surface area (Å²) in [6, 6.07) is 8.81. The number of likely N-dealkylation sites (N-methyl/N-ethyl adjacent to an activating group) is 1. The maximum absolute atomic E-state index is 12.8. The first-order valence-corrected chi connectivity index (χ1v) is 9.02. The van der Waals surface area contributed by atoms with Crippen LogP contribution in [0.5, 0.6) is 0 Å². The van der Waals surface area contributed by atoms with Gasteiger partial charge in [-0.15, -0.1) is 0 Å². The quantitative estimate of drug-likeness (QED) is 0.732. The third-order valence-corrected chi connectivity index (χ3v) is 4.82. The molecule has 7 heteroatoms. The van der Waals surface area contributed by atoms with Crippen LogP contribution >= 0.6 is 0 Å². The lowest BCUT2D eigenvalue weighted by atomic mass is 9.94.